The van der Waals surface area contributed by atoms with Crippen LogP contribution >= 0.6 is 24.0 Å². The van der Waals surface area contributed by atoms with E-state index in [0.717, 1.165) is 70.3 Å². The number of guanidine groups is 1. The van der Waals surface area contributed by atoms with Crippen LogP contribution in [0, 0.1) is 0 Å². The molecular formula is C19H32IN3O2. The molecule has 0 fully saturated rings. The van der Waals surface area contributed by atoms with E-state index >= 15 is 0 Å². The summed E-state index contributed by atoms with van der Waals surface area (Å²) in [5, 5.41) is 6.69. The Labute approximate surface area is 169 Å². The van der Waals surface area contributed by atoms with Crippen molar-refractivity contribution in [2.45, 2.75) is 39.0 Å². The van der Waals surface area contributed by atoms with Crippen LogP contribution in [0.25, 0.3) is 0 Å². The van der Waals surface area contributed by atoms with Crippen molar-refractivity contribution in [1.29, 1.82) is 0 Å². The summed E-state index contributed by atoms with van der Waals surface area (Å²) < 4.78 is 11.1. The molecule has 1 heterocycles. The fraction of sp³-hybridized carbons (Fsp3) is 0.632. The lowest BCUT2D eigenvalue weighted by Crippen LogP contribution is -2.39. The third kappa shape index (κ3) is 8.27. The van der Waals surface area contributed by atoms with Gasteiger partial charge in [0.25, 0.3) is 0 Å². The van der Waals surface area contributed by atoms with Crippen LogP contribution < -0.4 is 15.4 Å². The van der Waals surface area contributed by atoms with Gasteiger partial charge in [0, 0.05) is 39.8 Å². The summed E-state index contributed by atoms with van der Waals surface area (Å²) in [7, 11) is 1.81. The Morgan fingerprint density at radius 2 is 2.00 bits per heavy atom. The molecule has 1 aromatic rings. The number of hydrogen-bond acceptors (Lipinski definition) is 3. The number of hydrogen-bond donors (Lipinski definition) is 2. The topological polar surface area (TPSA) is 54.9 Å². The highest BCUT2D eigenvalue weighted by Crippen LogP contribution is 2.25. The average molecular weight is 461 g/mol. The van der Waals surface area contributed by atoms with Gasteiger partial charge in [0.2, 0.25) is 0 Å². The third-order valence-corrected chi connectivity index (χ3v) is 4.08. The molecule has 0 atom stereocenters. The molecule has 25 heavy (non-hydrogen) atoms. The van der Waals surface area contributed by atoms with E-state index in [0.29, 0.717) is 0 Å². The zero-order chi connectivity index (χ0) is 17.0. The van der Waals surface area contributed by atoms with Gasteiger partial charge in [-0.3, -0.25) is 4.99 Å². The summed E-state index contributed by atoms with van der Waals surface area (Å²) in [6.07, 6.45) is 5.33. The van der Waals surface area contributed by atoms with Crippen molar-refractivity contribution in [2.75, 3.05) is 40.0 Å². The van der Waals surface area contributed by atoms with Crippen molar-refractivity contribution in [3.8, 4) is 5.75 Å². The first-order chi connectivity index (χ1) is 11.8. The molecule has 1 aliphatic heterocycles. The number of ether oxygens (including phenoxy) is 2. The lowest BCUT2D eigenvalue weighted by atomic mass is 10.1. The number of halogens is 1. The van der Waals surface area contributed by atoms with E-state index in [1.807, 2.05) is 0 Å². The highest BCUT2D eigenvalue weighted by atomic mass is 127. The van der Waals surface area contributed by atoms with E-state index in [9.17, 15) is 0 Å². The van der Waals surface area contributed by atoms with Crippen LogP contribution in [0.3, 0.4) is 0 Å². The van der Waals surface area contributed by atoms with Gasteiger partial charge >= 0.3 is 0 Å². The molecule has 0 radical (unpaired) electrons. The molecule has 2 rings (SSSR count). The quantitative estimate of drug-likeness (QED) is 0.243. The monoisotopic (exact) mass is 461 g/mol. The maximum atomic E-state index is 5.55. The van der Waals surface area contributed by atoms with Crippen LogP contribution in [0.1, 0.15) is 37.3 Å². The summed E-state index contributed by atoms with van der Waals surface area (Å²) in [5.74, 6) is 1.90. The SMILES string of the molecule is CCCCOCCCNC(=NC)NCCc1ccc2c(c1)CCO2.I. The standard InChI is InChI=1S/C19H31N3O2.HI/c1-3-4-12-23-13-5-10-21-19(20-2)22-11-8-16-6-7-18-17(15-16)9-14-24-18;/h6-7,15H,3-5,8-14H2,1-2H3,(H2,20,21,22);1H. The average Bonchev–Trinajstić information content (AvgIpc) is 3.07. The molecule has 0 unspecified atom stereocenters. The van der Waals surface area contributed by atoms with Crippen LogP contribution in [0.15, 0.2) is 23.2 Å². The van der Waals surface area contributed by atoms with Crippen molar-refractivity contribution in [3.05, 3.63) is 29.3 Å². The minimum atomic E-state index is 0. The molecule has 0 saturated carbocycles. The number of rotatable bonds is 10. The Kier molecular flexibility index (Phi) is 11.6. The van der Waals surface area contributed by atoms with E-state index in [1.54, 1.807) is 7.05 Å². The van der Waals surface area contributed by atoms with Crippen molar-refractivity contribution >= 4 is 29.9 Å². The predicted octanol–water partition coefficient (Wildman–Crippen LogP) is 3.15. The number of benzene rings is 1. The summed E-state index contributed by atoms with van der Waals surface area (Å²) >= 11 is 0. The molecule has 0 aliphatic carbocycles. The van der Waals surface area contributed by atoms with E-state index in [1.165, 1.54) is 17.5 Å². The first-order valence-electron chi connectivity index (χ1n) is 9.10. The maximum Gasteiger partial charge on any atom is 0.190 e. The van der Waals surface area contributed by atoms with E-state index in [-0.39, 0.29) is 24.0 Å². The van der Waals surface area contributed by atoms with Gasteiger partial charge in [-0.25, -0.2) is 0 Å². The lowest BCUT2D eigenvalue weighted by molar-refractivity contribution is 0.129. The molecule has 0 spiro atoms. The fourth-order valence-corrected chi connectivity index (χ4v) is 2.67. The second kappa shape index (κ2) is 13.2. The van der Waals surface area contributed by atoms with Crippen LogP contribution in [0.2, 0.25) is 0 Å². The third-order valence-electron chi connectivity index (χ3n) is 4.08. The Balaban J connectivity index is 0.00000312. The molecule has 1 aromatic carbocycles. The Morgan fingerprint density at radius 1 is 1.20 bits per heavy atom. The fourth-order valence-electron chi connectivity index (χ4n) is 2.67. The zero-order valence-corrected chi connectivity index (χ0v) is 17.8. The second-order valence-corrected chi connectivity index (χ2v) is 6.04. The van der Waals surface area contributed by atoms with Crippen molar-refractivity contribution in [1.82, 2.24) is 10.6 Å². The molecule has 5 nitrogen and oxygen atoms in total. The predicted molar refractivity (Wildman–Crippen MR) is 114 cm³/mol. The lowest BCUT2D eigenvalue weighted by Gasteiger charge is -2.12. The molecule has 1 aliphatic rings. The number of fused-ring (bicyclic) bond motifs is 1. The van der Waals surface area contributed by atoms with Gasteiger partial charge in [0.05, 0.1) is 6.61 Å². The maximum absolute atomic E-state index is 5.55. The summed E-state index contributed by atoms with van der Waals surface area (Å²) in [6, 6.07) is 6.49. The van der Waals surface area contributed by atoms with Crippen LogP contribution in [-0.4, -0.2) is 45.9 Å². The summed E-state index contributed by atoms with van der Waals surface area (Å²) in [6.45, 7) is 6.41. The van der Waals surface area contributed by atoms with Gasteiger partial charge in [0.1, 0.15) is 5.75 Å². The minimum Gasteiger partial charge on any atom is -0.493 e. The molecule has 0 amide bonds. The van der Waals surface area contributed by atoms with Crippen LogP contribution in [-0.2, 0) is 17.6 Å². The highest BCUT2D eigenvalue weighted by molar-refractivity contribution is 14.0. The van der Waals surface area contributed by atoms with Gasteiger partial charge in [0.15, 0.2) is 5.96 Å². The van der Waals surface area contributed by atoms with Gasteiger partial charge < -0.3 is 20.1 Å². The van der Waals surface area contributed by atoms with Crippen LogP contribution in [0.5, 0.6) is 5.75 Å². The first kappa shape index (κ1) is 22.0. The molecular weight excluding hydrogens is 429 g/mol. The van der Waals surface area contributed by atoms with Crippen molar-refractivity contribution < 1.29 is 9.47 Å². The van der Waals surface area contributed by atoms with Gasteiger partial charge in [-0.1, -0.05) is 25.5 Å². The molecule has 142 valence electrons. The van der Waals surface area contributed by atoms with E-state index in [4.69, 9.17) is 9.47 Å². The minimum absolute atomic E-state index is 0. The smallest absolute Gasteiger partial charge is 0.190 e. The number of nitrogens with one attached hydrogen (secondary N) is 2. The van der Waals surface area contributed by atoms with Crippen molar-refractivity contribution in [2.24, 2.45) is 4.99 Å². The molecule has 0 bridgehead atoms. The molecule has 0 saturated heterocycles. The molecule has 0 aromatic heterocycles. The number of unbranched alkanes of at least 4 members (excludes halogenated alkanes) is 1. The van der Waals surface area contributed by atoms with Gasteiger partial charge in [-0.15, -0.1) is 24.0 Å². The molecule has 2 N–H and O–H groups in total. The van der Waals surface area contributed by atoms with Gasteiger partial charge in [-0.2, -0.15) is 0 Å². The first-order valence-corrected chi connectivity index (χ1v) is 9.10. The van der Waals surface area contributed by atoms with Gasteiger partial charge in [-0.05, 0) is 36.5 Å². The van der Waals surface area contributed by atoms with E-state index in [2.05, 4.69) is 40.7 Å². The second-order valence-electron chi connectivity index (χ2n) is 6.04. The largest absolute Gasteiger partial charge is 0.493 e. The molecule has 6 heteroatoms. The Hall–Kier alpha value is -1.02. The van der Waals surface area contributed by atoms with Crippen molar-refractivity contribution in [3.63, 3.8) is 0 Å². The normalized spacial score (nSPS) is 13.0. The Morgan fingerprint density at radius 3 is 2.80 bits per heavy atom. The highest BCUT2D eigenvalue weighted by Gasteiger charge is 2.11. The van der Waals surface area contributed by atoms with E-state index < -0.39 is 0 Å². The number of aliphatic imine (C=N–C) groups is 1. The zero-order valence-electron chi connectivity index (χ0n) is 15.5. The Bertz CT molecular complexity index is 523. The summed E-state index contributed by atoms with van der Waals surface area (Å²) in [5.41, 5.74) is 2.67. The van der Waals surface area contributed by atoms with Crippen LogP contribution in [0.4, 0.5) is 0 Å². The summed E-state index contributed by atoms with van der Waals surface area (Å²) in [4.78, 5) is 4.26. The number of nitrogens with zero attached hydrogens (tertiary/aromatic N) is 1.